The number of para-hydroxylation sites is 1. The van der Waals surface area contributed by atoms with Crippen molar-refractivity contribution in [2.45, 2.75) is 4.90 Å². The van der Waals surface area contributed by atoms with Gasteiger partial charge in [-0.25, -0.2) is 0 Å². The molecule has 0 amide bonds. The first-order valence-corrected chi connectivity index (χ1v) is 8.74. The summed E-state index contributed by atoms with van der Waals surface area (Å²) in [5.74, 6) is -1.15. The highest BCUT2D eigenvalue weighted by atomic mass is 32.2. The van der Waals surface area contributed by atoms with Crippen LogP contribution in [0.5, 0.6) is 11.5 Å². The molecule has 0 unspecified atom stereocenters. The number of aromatic hydroxyl groups is 2. The number of nitro groups is 1. The molecule has 3 rings (SSSR count). The van der Waals surface area contributed by atoms with E-state index >= 15 is 0 Å². The lowest BCUT2D eigenvalue weighted by molar-refractivity contribution is -0.385. The van der Waals surface area contributed by atoms with Crippen LogP contribution in [0.2, 0.25) is 0 Å². The minimum absolute atomic E-state index is 0.0784. The summed E-state index contributed by atoms with van der Waals surface area (Å²) >= 11 is 0. The Labute approximate surface area is 151 Å². The average Bonchev–Trinajstić information content (AvgIpc) is 2.61. The second kappa shape index (κ2) is 6.63. The zero-order valence-corrected chi connectivity index (χ0v) is 14.2. The molecule has 0 atom stereocenters. The summed E-state index contributed by atoms with van der Waals surface area (Å²) in [6.45, 7) is 0. The van der Waals surface area contributed by atoms with Crippen LogP contribution in [0.4, 0.5) is 17.1 Å². The van der Waals surface area contributed by atoms with Gasteiger partial charge in [-0.3, -0.25) is 14.7 Å². The van der Waals surface area contributed by atoms with Crippen LogP contribution < -0.4 is 0 Å². The Morgan fingerprint density at radius 1 is 0.889 bits per heavy atom. The summed E-state index contributed by atoms with van der Waals surface area (Å²) in [4.78, 5) is 9.54. The number of rotatable bonds is 4. The van der Waals surface area contributed by atoms with Crippen LogP contribution in [0, 0.1) is 10.1 Å². The van der Waals surface area contributed by atoms with Crippen LogP contribution in [0.15, 0.2) is 63.7 Å². The SMILES string of the molecule is O=[N+]([O-])c1cccc(N=Nc2cc(S(=O)(=O)O)c3ccccc3c2O)c1O. The number of nitrogens with zero attached hydrogens (tertiary/aromatic N) is 3. The van der Waals surface area contributed by atoms with Crippen molar-refractivity contribution in [1.82, 2.24) is 0 Å². The number of benzene rings is 3. The van der Waals surface area contributed by atoms with Gasteiger partial charge in [0.1, 0.15) is 16.3 Å². The van der Waals surface area contributed by atoms with Gasteiger partial charge >= 0.3 is 5.69 Å². The largest absolute Gasteiger partial charge is 0.505 e. The van der Waals surface area contributed by atoms with Gasteiger partial charge < -0.3 is 10.2 Å². The number of nitro benzene ring substituents is 1. The molecule has 0 saturated heterocycles. The van der Waals surface area contributed by atoms with E-state index in [1.807, 2.05) is 0 Å². The lowest BCUT2D eigenvalue weighted by Gasteiger charge is -2.08. The van der Waals surface area contributed by atoms with Crippen molar-refractivity contribution in [2.24, 2.45) is 10.2 Å². The molecule has 0 fully saturated rings. The second-order valence-corrected chi connectivity index (χ2v) is 6.76. The van der Waals surface area contributed by atoms with Crippen LogP contribution in [-0.4, -0.2) is 28.1 Å². The third-order valence-electron chi connectivity index (χ3n) is 3.69. The van der Waals surface area contributed by atoms with Crippen LogP contribution in [0.3, 0.4) is 0 Å². The second-order valence-electron chi connectivity index (χ2n) is 5.37. The fraction of sp³-hybridized carbons (Fsp3) is 0. The summed E-state index contributed by atoms with van der Waals surface area (Å²) in [7, 11) is -4.63. The molecule has 11 heteroatoms. The maximum atomic E-state index is 11.6. The summed E-state index contributed by atoms with van der Waals surface area (Å²) in [5.41, 5.74) is -1.16. The first kappa shape index (κ1) is 18.2. The Morgan fingerprint density at radius 2 is 1.52 bits per heavy atom. The molecule has 27 heavy (non-hydrogen) atoms. The van der Waals surface area contributed by atoms with E-state index < -0.39 is 37.1 Å². The van der Waals surface area contributed by atoms with E-state index in [2.05, 4.69) is 10.2 Å². The standard InChI is InChI=1S/C16H11N3O7S/c20-15-10-5-2-1-4-9(10)14(27(24,25)26)8-12(15)18-17-11-6-3-7-13(16(11)21)19(22)23/h1-8,20-21H,(H,24,25,26). The van der Waals surface area contributed by atoms with Crippen molar-refractivity contribution < 1.29 is 28.1 Å². The zero-order chi connectivity index (χ0) is 19.8. The molecule has 0 saturated carbocycles. The molecule has 0 aliphatic heterocycles. The minimum atomic E-state index is -4.63. The first-order chi connectivity index (χ1) is 12.7. The Bertz CT molecular complexity index is 1210. The van der Waals surface area contributed by atoms with E-state index in [9.17, 15) is 33.3 Å². The summed E-state index contributed by atoms with van der Waals surface area (Å²) in [6.07, 6.45) is 0. The number of phenols is 2. The Kier molecular flexibility index (Phi) is 4.47. The highest BCUT2D eigenvalue weighted by Crippen LogP contribution is 2.41. The van der Waals surface area contributed by atoms with Gasteiger partial charge in [-0.2, -0.15) is 8.42 Å². The van der Waals surface area contributed by atoms with E-state index in [1.165, 1.54) is 30.3 Å². The van der Waals surface area contributed by atoms with Crippen molar-refractivity contribution in [2.75, 3.05) is 0 Å². The predicted octanol–water partition coefficient (Wildman–Crippen LogP) is 3.82. The van der Waals surface area contributed by atoms with Crippen LogP contribution in [0.25, 0.3) is 10.8 Å². The molecule has 138 valence electrons. The Morgan fingerprint density at radius 3 is 2.15 bits per heavy atom. The average molecular weight is 389 g/mol. The number of phenolic OH excluding ortho intramolecular Hbond substituents is 2. The molecule has 0 bridgehead atoms. The molecule has 0 heterocycles. The van der Waals surface area contributed by atoms with Gasteiger partial charge in [-0.05, 0) is 12.1 Å². The fourth-order valence-electron chi connectivity index (χ4n) is 2.46. The van der Waals surface area contributed by atoms with E-state index in [4.69, 9.17) is 0 Å². The van der Waals surface area contributed by atoms with Gasteiger partial charge in [-0.15, -0.1) is 10.2 Å². The van der Waals surface area contributed by atoms with Gasteiger partial charge in [0.05, 0.1) is 4.92 Å². The smallest absolute Gasteiger partial charge is 0.313 e. The molecular weight excluding hydrogens is 378 g/mol. The van der Waals surface area contributed by atoms with E-state index in [-0.39, 0.29) is 22.1 Å². The molecule has 10 nitrogen and oxygen atoms in total. The third-order valence-corrected chi connectivity index (χ3v) is 4.59. The van der Waals surface area contributed by atoms with Crippen molar-refractivity contribution in [1.29, 1.82) is 0 Å². The highest BCUT2D eigenvalue weighted by Gasteiger charge is 2.20. The summed E-state index contributed by atoms with van der Waals surface area (Å²) in [5, 5.41) is 38.5. The van der Waals surface area contributed by atoms with Crippen LogP contribution in [0.1, 0.15) is 0 Å². The lowest BCUT2D eigenvalue weighted by Crippen LogP contribution is -1.99. The molecule has 0 aromatic heterocycles. The lowest BCUT2D eigenvalue weighted by atomic mass is 10.1. The van der Waals surface area contributed by atoms with Crippen LogP contribution >= 0.6 is 0 Å². The molecule has 3 aromatic rings. The molecule has 3 aromatic carbocycles. The zero-order valence-electron chi connectivity index (χ0n) is 13.3. The van der Waals surface area contributed by atoms with E-state index in [0.717, 1.165) is 12.1 Å². The minimum Gasteiger partial charge on any atom is -0.505 e. The van der Waals surface area contributed by atoms with Crippen molar-refractivity contribution in [3.05, 3.63) is 58.6 Å². The van der Waals surface area contributed by atoms with E-state index in [1.54, 1.807) is 6.07 Å². The normalized spacial score (nSPS) is 11.9. The predicted molar refractivity (Wildman–Crippen MR) is 94.4 cm³/mol. The quantitative estimate of drug-likeness (QED) is 0.264. The van der Waals surface area contributed by atoms with Gasteiger partial charge in [0, 0.05) is 16.8 Å². The van der Waals surface area contributed by atoms with Crippen LogP contribution in [-0.2, 0) is 10.1 Å². The number of azo groups is 1. The molecule has 0 aliphatic rings. The van der Waals surface area contributed by atoms with Crippen molar-refractivity contribution in [3.63, 3.8) is 0 Å². The number of fused-ring (bicyclic) bond motifs is 1. The Hall–Kier alpha value is -3.57. The van der Waals surface area contributed by atoms with Gasteiger partial charge in [-0.1, -0.05) is 30.3 Å². The third kappa shape index (κ3) is 3.41. The topological polar surface area (TPSA) is 163 Å². The molecule has 3 N–H and O–H groups in total. The van der Waals surface area contributed by atoms with E-state index in [0.29, 0.717) is 0 Å². The first-order valence-electron chi connectivity index (χ1n) is 7.30. The van der Waals surface area contributed by atoms with Gasteiger partial charge in [0.15, 0.2) is 5.75 Å². The Balaban J connectivity index is 2.19. The molecule has 0 aliphatic carbocycles. The van der Waals surface area contributed by atoms with Crippen molar-refractivity contribution in [3.8, 4) is 11.5 Å². The van der Waals surface area contributed by atoms with Gasteiger partial charge in [0.25, 0.3) is 10.1 Å². The number of hydrogen-bond donors (Lipinski definition) is 3. The summed E-state index contributed by atoms with van der Waals surface area (Å²) in [6, 6.07) is 10.4. The summed E-state index contributed by atoms with van der Waals surface area (Å²) < 4.78 is 32.7. The fourth-order valence-corrected chi connectivity index (χ4v) is 3.17. The molecule has 0 radical (unpaired) electrons. The maximum absolute atomic E-state index is 11.6. The monoisotopic (exact) mass is 389 g/mol. The van der Waals surface area contributed by atoms with Crippen molar-refractivity contribution >= 4 is 38.0 Å². The number of hydrogen-bond acceptors (Lipinski definition) is 8. The maximum Gasteiger partial charge on any atom is 0.313 e. The molecular formula is C16H11N3O7S. The highest BCUT2D eigenvalue weighted by molar-refractivity contribution is 7.86. The van der Waals surface area contributed by atoms with Gasteiger partial charge in [0.2, 0.25) is 5.75 Å². The molecule has 0 spiro atoms.